The maximum atomic E-state index is 12.2. The molecule has 4 nitrogen and oxygen atoms in total. The average molecular weight is 370 g/mol. The Balaban J connectivity index is 1.87. The molecule has 0 aliphatic heterocycles. The Hall–Kier alpha value is -1.59. The van der Waals surface area contributed by atoms with Crippen molar-refractivity contribution in [2.75, 3.05) is 20.2 Å². The molecule has 21 heavy (non-hydrogen) atoms. The van der Waals surface area contributed by atoms with Crippen LogP contribution >= 0.6 is 27.5 Å². The van der Waals surface area contributed by atoms with Crippen molar-refractivity contribution in [3.8, 4) is 5.75 Å². The second kappa shape index (κ2) is 7.43. The van der Waals surface area contributed by atoms with Crippen LogP contribution in [0.1, 0.15) is 10.4 Å². The number of carbonyl (C=O) groups excluding carboxylic acids is 1. The van der Waals surface area contributed by atoms with Crippen LogP contribution in [0.25, 0.3) is 0 Å². The van der Waals surface area contributed by atoms with Gasteiger partial charge in [0.1, 0.15) is 17.0 Å². The molecule has 0 aliphatic rings. The summed E-state index contributed by atoms with van der Waals surface area (Å²) >= 11 is 9.13. The molecule has 1 aromatic carbocycles. The minimum absolute atomic E-state index is 0.0761. The molecule has 0 unspecified atom stereocenters. The van der Waals surface area contributed by atoms with Crippen molar-refractivity contribution in [3.05, 3.63) is 57.8 Å². The Bertz CT molecular complexity index is 637. The lowest BCUT2D eigenvalue weighted by atomic mass is 10.2. The van der Waals surface area contributed by atoms with Crippen LogP contribution in [-0.2, 0) is 0 Å². The van der Waals surface area contributed by atoms with Gasteiger partial charge in [0.05, 0.1) is 6.54 Å². The van der Waals surface area contributed by atoms with Crippen LogP contribution in [0, 0.1) is 0 Å². The fraction of sp³-hybridized carbons (Fsp3) is 0.200. The van der Waals surface area contributed by atoms with Gasteiger partial charge in [0.25, 0.3) is 5.91 Å². The van der Waals surface area contributed by atoms with Gasteiger partial charge in [-0.1, -0.05) is 17.7 Å². The normalized spacial score (nSPS) is 10.2. The number of rotatable bonds is 5. The zero-order valence-electron chi connectivity index (χ0n) is 11.4. The third kappa shape index (κ3) is 4.72. The van der Waals surface area contributed by atoms with E-state index >= 15 is 0 Å². The minimum atomic E-state index is -0.0761. The molecule has 0 saturated carbocycles. The number of hydrogen-bond donors (Lipinski definition) is 0. The van der Waals surface area contributed by atoms with Crippen LogP contribution in [-0.4, -0.2) is 36.0 Å². The van der Waals surface area contributed by atoms with Gasteiger partial charge in [0, 0.05) is 23.8 Å². The number of halogens is 2. The van der Waals surface area contributed by atoms with E-state index in [1.807, 2.05) is 12.1 Å². The molecule has 0 spiro atoms. The summed E-state index contributed by atoms with van der Waals surface area (Å²) in [6.45, 7) is 0.875. The Morgan fingerprint density at radius 3 is 2.90 bits per heavy atom. The summed E-state index contributed by atoms with van der Waals surface area (Å²) in [6, 6.07) is 10.5. The standard InChI is InChI=1S/C15H14BrClN2O2/c1-19(15(20)11-5-6-18-14(16)9-11)7-8-21-13-4-2-3-12(17)10-13/h2-6,9-10H,7-8H2,1H3. The second-order valence-corrected chi connectivity index (χ2v) is 5.65. The number of hydrogen-bond acceptors (Lipinski definition) is 3. The van der Waals surface area contributed by atoms with Gasteiger partial charge in [-0.25, -0.2) is 4.98 Å². The Morgan fingerprint density at radius 2 is 2.19 bits per heavy atom. The molecular weight excluding hydrogens is 356 g/mol. The van der Waals surface area contributed by atoms with Crippen LogP contribution in [0.5, 0.6) is 5.75 Å². The van der Waals surface area contributed by atoms with E-state index in [1.165, 1.54) is 0 Å². The van der Waals surface area contributed by atoms with Gasteiger partial charge >= 0.3 is 0 Å². The Kier molecular flexibility index (Phi) is 5.59. The molecule has 0 radical (unpaired) electrons. The van der Waals surface area contributed by atoms with Gasteiger partial charge in [-0.05, 0) is 46.3 Å². The molecule has 6 heteroatoms. The van der Waals surface area contributed by atoms with Crippen molar-refractivity contribution >= 4 is 33.4 Å². The van der Waals surface area contributed by atoms with E-state index in [0.29, 0.717) is 34.1 Å². The molecule has 0 bridgehead atoms. The molecule has 0 atom stereocenters. The molecule has 0 aliphatic carbocycles. The van der Waals surface area contributed by atoms with Crippen LogP contribution in [0.2, 0.25) is 5.02 Å². The van der Waals surface area contributed by atoms with E-state index in [-0.39, 0.29) is 5.91 Å². The first-order chi connectivity index (χ1) is 10.1. The van der Waals surface area contributed by atoms with Gasteiger partial charge in [0.2, 0.25) is 0 Å². The lowest BCUT2D eigenvalue weighted by Gasteiger charge is -2.17. The van der Waals surface area contributed by atoms with Gasteiger partial charge in [-0.15, -0.1) is 0 Å². The molecule has 1 aromatic heterocycles. The summed E-state index contributed by atoms with van der Waals surface area (Å²) in [5.74, 6) is 0.614. The van der Waals surface area contributed by atoms with Gasteiger partial charge in [-0.3, -0.25) is 4.79 Å². The SMILES string of the molecule is CN(CCOc1cccc(Cl)c1)C(=O)c1ccnc(Br)c1. The summed E-state index contributed by atoms with van der Waals surface area (Å²) in [6.07, 6.45) is 1.59. The topological polar surface area (TPSA) is 42.4 Å². The molecule has 0 N–H and O–H groups in total. The molecule has 110 valence electrons. The number of carbonyl (C=O) groups is 1. The van der Waals surface area contributed by atoms with Crippen LogP contribution < -0.4 is 4.74 Å². The average Bonchev–Trinajstić information content (AvgIpc) is 2.46. The first kappa shape index (κ1) is 15.8. The predicted octanol–water partition coefficient (Wildman–Crippen LogP) is 3.65. The maximum absolute atomic E-state index is 12.2. The number of pyridine rings is 1. The van der Waals surface area contributed by atoms with Crippen molar-refractivity contribution in [1.82, 2.24) is 9.88 Å². The number of nitrogens with zero attached hydrogens (tertiary/aromatic N) is 2. The third-order valence-electron chi connectivity index (χ3n) is 2.81. The highest BCUT2D eigenvalue weighted by Gasteiger charge is 2.12. The van der Waals surface area contributed by atoms with Crippen molar-refractivity contribution in [3.63, 3.8) is 0 Å². The Labute approximate surface area is 136 Å². The van der Waals surface area contributed by atoms with Gasteiger partial charge in [-0.2, -0.15) is 0 Å². The summed E-state index contributed by atoms with van der Waals surface area (Å²) in [7, 11) is 1.73. The molecule has 2 rings (SSSR count). The lowest BCUT2D eigenvalue weighted by molar-refractivity contribution is 0.0773. The number of benzene rings is 1. The fourth-order valence-corrected chi connectivity index (χ4v) is 2.26. The first-order valence-corrected chi connectivity index (χ1v) is 7.49. The molecular formula is C15H14BrClN2O2. The summed E-state index contributed by atoms with van der Waals surface area (Å²) < 4.78 is 6.20. The van der Waals surface area contributed by atoms with Crippen molar-refractivity contribution in [2.24, 2.45) is 0 Å². The minimum Gasteiger partial charge on any atom is -0.492 e. The molecule has 2 aromatic rings. The third-order valence-corrected chi connectivity index (χ3v) is 3.48. The number of likely N-dealkylation sites (N-methyl/N-ethyl adjacent to an activating group) is 1. The smallest absolute Gasteiger partial charge is 0.253 e. The number of ether oxygens (including phenoxy) is 1. The van der Waals surface area contributed by atoms with Gasteiger partial charge < -0.3 is 9.64 Å². The molecule has 0 saturated heterocycles. The van der Waals surface area contributed by atoms with E-state index in [4.69, 9.17) is 16.3 Å². The molecule has 1 amide bonds. The van der Waals surface area contributed by atoms with Crippen LogP contribution in [0.4, 0.5) is 0 Å². The lowest BCUT2D eigenvalue weighted by Crippen LogP contribution is -2.30. The number of aromatic nitrogens is 1. The largest absolute Gasteiger partial charge is 0.492 e. The zero-order valence-corrected chi connectivity index (χ0v) is 13.8. The van der Waals surface area contributed by atoms with E-state index < -0.39 is 0 Å². The summed E-state index contributed by atoms with van der Waals surface area (Å²) in [5.41, 5.74) is 0.585. The van der Waals surface area contributed by atoms with Crippen molar-refractivity contribution in [2.45, 2.75) is 0 Å². The second-order valence-electron chi connectivity index (χ2n) is 4.40. The monoisotopic (exact) mass is 368 g/mol. The van der Waals surface area contributed by atoms with Crippen molar-refractivity contribution in [1.29, 1.82) is 0 Å². The molecule has 1 heterocycles. The van der Waals surface area contributed by atoms with E-state index in [1.54, 1.807) is 42.4 Å². The Morgan fingerprint density at radius 1 is 1.38 bits per heavy atom. The highest BCUT2D eigenvalue weighted by atomic mass is 79.9. The quantitative estimate of drug-likeness (QED) is 0.756. The fourth-order valence-electron chi connectivity index (χ4n) is 1.71. The highest BCUT2D eigenvalue weighted by Crippen LogP contribution is 2.17. The number of amides is 1. The van der Waals surface area contributed by atoms with Crippen LogP contribution in [0.3, 0.4) is 0 Å². The van der Waals surface area contributed by atoms with E-state index in [0.717, 1.165) is 0 Å². The first-order valence-electron chi connectivity index (χ1n) is 6.31. The summed E-state index contributed by atoms with van der Waals surface area (Å²) in [4.78, 5) is 17.8. The zero-order chi connectivity index (χ0) is 15.2. The van der Waals surface area contributed by atoms with Crippen molar-refractivity contribution < 1.29 is 9.53 Å². The van der Waals surface area contributed by atoms with Gasteiger partial charge in [0.15, 0.2) is 0 Å². The van der Waals surface area contributed by atoms with Crippen LogP contribution in [0.15, 0.2) is 47.2 Å². The molecule has 0 fully saturated rings. The van der Waals surface area contributed by atoms with E-state index in [2.05, 4.69) is 20.9 Å². The van der Waals surface area contributed by atoms with E-state index in [9.17, 15) is 4.79 Å². The predicted molar refractivity (Wildman–Crippen MR) is 85.8 cm³/mol. The maximum Gasteiger partial charge on any atom is 0.253 e. The summed E-state index contributed by atoms with van der Waals surface area (Å²) in [5, 5.41) is 0.624. The highest BCUT2D eigenvalue weighted by molar-refractivity contribution is 9.10.